The van der Waals surface area contributed by atoms with Gasteiger partial charge in [-0.05, 0) is 35.9 Å². The maximum Gasteiger partial charge on any atom is 0.331 e. The zero-order valence-corrected chi connectivity index (χ0v) is 14.8. The normalized spacial score (nSPS) is 12.4. The molecule has 0 saturated heterocycles. The number of carbonyl (C=O) groups is 3. The van der Waals surface area contributed by atoms with Gasteiger partial charge in [0.15, 0.2) is 18.1 Å². The molecule has 2 heterocycles. The Balaban J connectivity index is 1.39. The van der Waals surface area contributed by atoms with Crippen LogP contribution in [0.25, 0.3) is 6.08 Å². The lowest BCUT2D eigenvalue weighted by Crippen LogP contribution is -2.41. The van der Waals surface area contributed by atoms with Crippen LogP contribution in [0.4, 0.5) is 4.79 Å². The van der Waals surface area contributed by atoms with Gasteiger partial charge in [0.1, 0.15) is 19.0 Å². The molecule has 2 aromatic rings. The van der Waals surface area contributed by atoms with Crippen LogP contribution < -0.4 is 20.1 Å². The van der Waals surface area contributed by atoms with E-state index in [2.05, 4.69) is 5.32 Å². The van der Waals surface area contributed by atoms with Crippen molar-refractivity contribution >= 4 is 24.0 Å². The summed E-state index contributed by atoms with van der Waals surface area (Å²) in [6, 6.07) is 7.87. The third-order valence-corrected chi connectivity index (χ3v) is 3.58. The Morgan fingerprint density at radius 2 is 1.93 bits per heavy atom. The fourth-order valence-corrected chi connectivity index (χ4v) is 2.30. The van der Waals surface area contributed by atoms with Crippen LogP contribution >= 0.6 is 0 Å². The van der Waals surface area contributed by atoms with Crippen LogP contribution in [-0.4, -0.2) is 37.7 Å². The van der Waals surface area contributed by atoms with Gasteiger partial charge in [-0.2, -0.15) is 0 Å². The number of hydrogen-bond donors (Lipinski definition) is 2. The summed E-state index contributed by atoms with van der Waals surface area (Å²) >= 11 is 0. The molecule has 0 aliphatic carbocycles. The first-order valence-electron chi connectivity index (χ1n) is 8.45. The minimum absolute atomic E-state index is 0.129. The van der Waals surface area contributed by atoms with E-state index in [9.17, 15) is 14.4 Å². The van der Waals surface area contributed by atoms with Crippen molar-refractivity contribution in [3.8, 4) is 11.5 Å². The summed E-state index contributed by atoms with van der Waals surface area (Å²) in [5.74, 6) is 0.312. The van der Waals surface area contributed by atoms with Gasteiger partial charge in [-0.15, -0.1) is 0 Å². The first-order valence-corrected chi connectivity index (χ1v) is 8.45. The lowest BCUT2D eigenvalue weighted by Gasteiger charge is -2.18. The van der Waals surface area contributed by atoms with Crippen molar-refractivity contribution in [2.45, 2.75) is 6.54 Å². The van der Waals surface area contributed by atoms with Crippen LogP contribution in [0.1, 0.15) is 11.3 Å². The number of nitrogens with one attached hydrogen (secondary N) is 2. The molecule has 146 valence electrons. The highest BCUT2D eigenvalue weighted by atomic mass is 16.6. The van der Waals surface area contributed by atoms with Crippen molar-refractivity contribution in [3.05, 3.63) is 54.0 Å². The number of amides is 3. The molecule has 0 saturated carbocycles. The van der Waals surface area contributed by atoms with E-state index >= 15 is 0 Å². The molecule has 1 aliphatic rings. The monoisotopic (exact) mass is 386 g/mol. The number of fused-ring (bicyclic) bond motifs is 1. The third kappa shape index (κ3) is 5.63. The minimum Gasteiger partial charge on any atom is -0.486 e. The Morgan fingerprint density at radius 3 is 2.71 bits per heavy atom. The molecule has 0 spiro atoms. The molecule has 0 radical (unpaired) electrons. The highest BCUT2D eigenvalue weighted by Crippen LogP contribution is 2.31. The van der Waals surface area contributed by atoms with E-state index in [1.54, 1.807) is 30.3 Å². The number of urea groups is 1. The van der Waals surface area contributed by atoms with Crippen LogP contribution in [0.5, 0.6) is 11.5 Å². The Morgan fingerprint density at radius 1 is 1.11 bits per heavy atom. The summed E-state index contributed by atoms with van der Waals surface area (Å²) in [6.45, 7) is 0.506. The van der Waals surface area contributed by atoms with Crippen molar-refractivity contribution in [1.82, 2.24) is 10.6 Å². The molecule has 0 unspecified atom stereocenters. The van der Waals surface area contributed by atoms with Crippen molar-refractivity contribution in [2.75, 3.05) is 19.8 Å². The lowest BCUT2D eigenvalue weighted by molar-refractivity contribution is -0.143. The standard InChI is InChI=1S/C19H18N2O7/c22-17(21-19(24)20-11-14-2-1-7-25-14)12-28-18(23)6-4-13-3-5-15-16(10-13)27-9-8-26-15/h1-7,10H,8-9,11-12H2,(H2,20,21,22,24). The predicted octanol–water partition coefficient (Wildman–Crippen LogP) is 1.63. The Hall–Kier alpha value is -3.75. The minimum atomic E-state index is -0.752. The Kier molecular flexibility index (Phi) is 6.29. The molecule has 0 fully saturated rings. The molecule has 1 aliphatic heterocycles. The molecule has 9 heteroatoms. The second kappa shape index (κ2) is 9.26. The highest BCUT2D eigenvalue weighted by Gasteiger charge is 2.12. The molecule has 3 rings (SSSR count). The van der Waals surface area contributed by atoms with E-state index < -0.39 is 24.5 Å². The third-order valence-electron chi connectivity index (χ3n) is 3.58. The Labute approximate surface area is 160 Å². The second-order valence-corrected chi connectivity index (χ2v) is 5.65. The largest absolute Gasteiger partial charge is 0.486 e. The Bertz CT molecular complexity index is 874. The van der Waals surface area contributed by atoms with Gasteiger partial charge in [-0.25, -0.2) is 9.59 Å². The van der Waals surface area contributed by atoms with E-state index in [4.69, 9.17) is 18.6 Å². The number of carbonyl (C=O) groups excluding carboxylic acids is 3. The molecule has 1 aromatic heterocycles. The molecule has 0 atom stereocenters. The van der Waals surface area contributed by atoms with Gasteiger partial charge in [0.2, 0.25) is 0 Å². The molecule has 3 amide bonds. The summed E-state index contributed by atoms with van der Waals surface area (Å²) in [4.78, 5) is 34.9. The van der Waals surface area contributed by atoms with Gasteiger partial charge >= 0.3 is 12.0 Å². The van der Waals surface area contributed by atoms with E-state index in [-0.39, 0.29) is 6.54 Å². The van der Waals surface area contributed by atoms with Gasteiger partial charge in [0, 0.05) is 6.08 Å². The number of imide groups is 1. The fourth-order valence-electron chi connectivity index (χ4n) is 2.30. The van der Waals surface area contributed by atoms with E-state index in [1.165, 1.54) is 18.4 Å². The van der Waals surface area contributed by atoms with Gasteiger partial charge < -0.3 is 23.9 Å². The second-order valence-electron chi connectivity index (χ2n) is 5.65. The van der Waals surface area contributed by atoms with Crippen LogP contribution in [0.2, 0.25) is 0 Å². The average Bonchev–Trinajstić information content (AvgIpc) is 3.22. The summed E-state index contributed by atoms with van der Waals surface area (Å²) in [5, 5.41) is 4.48. The maximum atomic E-state index is 11.7. The topological polar surface area (TPSA) is 116 Å². The van der Waals surface area contributed by atoms with Gasteiger partial charge in [-0.3, -0.25) is 10.1 Å². The molecule has 9 nitrogen and oxygen atoms in total. The zero-order valence-electron chi connectivity index (χ0n) is 14.8. The summed E-state index contributed by atoms with van der Waals surface area (Å²) < 4.78 is 20.7. The van der Waals surface area contributed by atoms with Crippen LogP contribution in [0.3, 0.4) is 0 Å². The molecule has 2 N–H and O–H groups in total. The van der Waals surface area contributed by atoms with Crippen LogP contribution in [0.15, 0.2) is 47.1 Å². The van der Waals surface area contributed by atoms with Crippen molar-refractivity contribution in [2.24, 2.45) is 0 Å². The molecular formula is C19H18N2O7. The number of esters is 1. The number of ether oxygens (including phenoxy) is 3. The summed E-state index contributed by atoms with van der Waals surface area (Å²) in [7, 11) is 0. The van der Waals surface area contributed by atoms with Crippen molar-refractivity contribution in [1.29, 1.82) is 0 Å². The number of rotatable bonds is 6. The smallest absolute Gasteiger partial charge is 0.331 e. The van der Waals surface area contributed by atoms with Gasteiger partial charge in [0.05, 0.1) is 12.8 Å². The number of benzene rings is 1. The molecule has 28 heavy (non-hydrogen) atoms. The maximum absolute atomic E-state index is 11.7. The molecular weight excluding hydrogens is 368 g/mol. The van der Waals surface area contributed by atoms with E-state index in [1.807, 2.05) is 5.32 Å². The SMILES string of the molecule is O=C(COC(=O)C=Cc1ccc2c(c1)OCCO2)NC(=O)NCc1ccco1. The average molecular weight is 386 g/mol. The lowest BCUT2D eigenvalue weighted by atomic mass is 10.2. The first kappa shape index (κ1) is 19.0. The number of furan rings is 1. The number of hydrogen-bond acceptors (Lipinski definition) is 7. The summed E-state index contributed by atoms with van der Waals surface area (Å²) in [5.41, 5.74) is 0.711. The van der Waals surface area contributed by atoms with Gasteiger partial charge in [0.25, 0.3) is 5.91 Å². The predicted molar refractivity (Wildman–Crippen MR) is 96.5 cm³/mol. The van der Waals surface area contributed by atoms with Crippen molar-refractivity contribution < 1.29 is 33.0 Å². The quantitative estimate of drug-likeness (QED) is 0.573. The molecule has 1 aromatic carbocycles. The highest BCUT2D eigenvalue weighted by molar-refractivity contribution is 5.96. The van der Waals surface area contributed by atoms with Crippen LogP contribution in [-0.2, 0) is 20.9 Å². The van der Waals surface area contributed by atoms with Gasteiger partial charge in [-0.1, -0.05) is 6.07 Å². The van der Waals surface area contributed by atoms with Crippen LogP contribution in [0, 0.1) is 0 Å². The first-order chi connectivity index (χ1) is 13.6. The van der Waals surface area contributed by atoms with E-state index in [0.29, 0.717) is 36.0 Å². The fraction of sp³-hybridized carbons (Fsp3) is 0.211. The van der Waals surface area contributed by atoms with Crippen molar-refractivity contribution in [3.63, 3.8) is 0 Å². The summed E-state index contributed by atoms with van der Waals surface area (Å²) in [6.07, 6.45) is 4.17. The molecule has 0 bridgehead atoms. The zero-order chi connectivity index (χ0) is 19.8. The van der Waals surface area contributed by atoms with E-state index in [0.717, 1.165) is 0 Å².